The van der Waals surface area contributed by atoms with Gasteiger partial charge in [-0.25, -0.2) is 0 Å². The van der Waals surface area contributed by atoms with Crippen LogP contribution in [0.4, 0.5) is 0 Å². The molecule has 0 aromatic carbocycles. The van der Waals surface area contributed by atoms with Crippen LogP contribution in [0.5, 0.6) is 0 Å². The molecular formula is C10H19N. The van der Waals surface area contributed by atoms with Crippen molar-refractivity contribution in [1.29, 1.82) is 0 Å². The Morgan fingerprint density at radius 1 is 1.27 bits per heavy atom. The molecule has 3 aliphatic rings. The van der Waals surface area contributed by atoms with Crippen LogP contribution in [0.25, 0.3) is 0 Å². The van der Waals surface area contributed by atoms with Gasteiger partial charge in [0.05, 0.1) is 0 Å². The SMILES string of the molecule is C[C@H]1[C@H](N)C[C@H]2C[C@H]1C2(C)C. The quantitative estimate of drug-likeness (QED) is 0.566. The van der Waals surface area contributed by atoms with Crippen LogP contribution < -0.4 is 5.73 Å². The molecule has 3 rings (SSSR count). The van der Waals surface area contributed by atoms with E-state index in [1.54, 1.807) is 0 Å². The fourth-order valence-corrected chi connectivity index (χ4v) is 3.19. The molecule has 1 nitrogen and oxygen atoms in total. The molecule has 0 aromatic rings. The summed E-state index contributed by atoms with van der Waals surface area (Å²) in [6.07, 6.45) is 2.71. The van der Waals surface area contributed by atoms with Gasteiger partial charge in [0.2, 0.25) is 0 Å². The first-order valence-electron chi connectivity index (χ1n) is 4.79. The van der Waals surface area contributed by atoms with Crippen molar-refractivity contribution >= 4 is 0 Å². The van der Waals surface area contributed by atoms with Crippen LogP contribution in [0.2, 0.25) is 0 Å². The van der Waals surface area contributed by atoms with E-state index in [2.05, 4.69) is 20.8 Å². The van der Waals surface area contributed by atoms with E-state index >= 15 is 0 Å². The van der Waals surface area contributed by atoms with E-state index in [0.717, 1.165) is 17.8 Å². The fraction of sp³-hybridized carbons (Fsp3) is 1.00. The Labute approximate surface area is 69.4 Å². The zero-order valence-corrected chi connectivity index (χ0v) is 7.80. The van der Waals surface area contributed by atoms with Crippen molar-refractivity contribution in [2.45, 2.75) is 39.7 Å². The topological polar surface area (TPSA) is 26.0 Å². The van der Waals surface area contributed by atoms with E-state index in [0.29, 0.717) is 11.5 Å². The maximum absolute atomic E-state index is 6.02. The number of hydrogen-bond acceptors (Lipinski definition) is 1. The van der Waals surface area contributed by atoms with Gasteiger partial charge < -0.3 is 5.73 Å². The predicted molar refractivity (Wildman–Crippen MR) is 47.1 cm³/mol. The molecular weight excluding hydrogens is 134 g/mol. The van der Waals surface area contributed by atoms with Crippen LogP contribution in [0.3, 0.4) is 0 Å². The van der Waals surface area contributed by atoms with Gasteiger partial charge in [0.1, 0.15) is 0 Å². The third kappa shape index (κ3) is 0.807. The number of hydrogen-bond donors (Lipinski definition) is 1. The zero-order valence-electron chi connectivity index (χ0n) is 7.80. The molecule has 3 aliphatic carbocycles. The lowest BCUT2D eigenvalue weighted by Gasteiger charge is -2.61. The van der Waals surface area contributed by atoms with Gasteiger partial charge in [-0.15, -0.1) is 0 Å². The van der Waals surface area contributed by atoms with Gasteiger partial charge in [-0.3, -0.25) is 0 Å². The first-order chi connectivity index (χ1) is 5.03. The van der Waals surface area contributed by atoms with E-state index in [4.69, 9.17) is 5.73 Å². The monoisotopic (exact) mass is 153 g/mol. The van der Waals surface area contributed by atoms with Gasteiger partial charge in [-0.05, 0) is 36.0 Å². The first-order valence-corrected chi connectivity index (χ1v) is 4.79. The maximum atomic E-state index is 6.02. The van der Waals surface area contributed by atoms with Crippen LogP contribution in [0, 0.1) is 23.2 Å². The number of nitrogens with two attached hydrogens (primary N) is 1. The van der Waals surface area contributed by atoms with Crippen molar-refractivity contribution in [3.63, 3.8) is 0 Å². The van der Waals surface area contributed by atoms with Crippen molar-refractivity contribution in [3.05, 3.63) is 0 Å². The normalized spacial score (nSPS) is 53.5. The van der Waals surface area contributed by atoms with Crippen LogP contribution >= 0.6 is 0 Å². The highest BCUT2D eigenvalue weighted by Gasteiger charge is 2.55. The molecule has 4 atom stereocenters. The minimum absolute atomic E-state index is 0.492. The van der Waals surface area contributed by atoms with Crippen molar-refractivity contribution in [1.82, 2.24) is 0 Å². The second-order valence-corrected chi connectivity index (χ2v) is 5.12. The van der Waals surface area contributed by atoms with Gasteiger partial charge in [0.15, 0.2) is 0 Å². The molecule has 3 saturated carbocycles. The summed E-state index contributed by atoms with van der Waals surface area (Å²) < 4.78 is 0. The molecule has 1 heteroatoms. The first kappa shape index (κ1) is 7.60. The number of rotatable bonds is 0. The lowest BCUT2D eigenvalue weighted by molar-refractivity contribution is -0.108. The number of fused-ring (bicyclic) bond motifs is 2. The van der Waals surface area contributed by atoms with E-state index in [-0.39, 0.29) is 0 Å². The lowest BCUT2D eigenvalue weighted by Crippen LogP contribution is -2.58. The van der Waals surface area contributed by atoms with Crippen LogP contribution in [0.1, 0.15) is 33.6 Å². The highest BCUT2D eigenvalue weighted by atomic mass is 14.7. The fourth-order valence-electron chi connectivity index (χ4n) is 3.19. The summed E-state index contributed by atoms with van der Waals surface area (Å²) in [7, 11) is 0. The van der Waals surface area contributed by atoms with Gasteiger partial charge in [0, 0.05) is 6.04 Å². The summed E-state index contributed by atoms with van der Waals surface area (Å²) in [5, 5.41) is 0. The average molecular weight is 153 g/mol. The molecule has 0 unspecified atom stereocenters. The Balaban J connectivity index is 2.17. The molecule has 0 heterocycles. The maximum Gasteiger partial charge on any atom is 0.00702 e. The Hall–Kier alpha value is -0.0400. The van der Waals surface area contributed by atoms with E-state index in [1.165, 1.54) is 12.8 Å². The summed E-state index contributed by atoms with van der Waals surface area (Å²) in [6, 6.07) is 0.492. The molecule has 0 aliphatic heterocycles. The molecule has 11 heavy (non-hydrogen) atoms. The largest absolute Gasteiger partial charge is 0.327 e. The molecule has 64 valence electrons. The third-order valence-corrected chi connectivity index (χ3v) is 4.41. The predicted octanol–water partition coefficient (Wildman–Crippen LogP) is 2.02. The van der Waals surface area contributed by atoms with Crippen molar-refractivity contribution in [2.75, 3.05) is 0 Å². The van der Waals surface area contributed by atoms with Crippen molar-refractivity contribution < 1.29 is 0 Å². The van der Waals surface area contributed by atoms with Gasteiger partial charge in [-0.1, -0.05) is 20.8 Å². The minimum atomic E-state index is 0.492. The molecule has 3 fully saturated rings. The summed E-state index contributed by atoms with van der Waals surface area (Å²) in [6.45, 7) is 7.15. The van der Waals surface area contributed by atoms with Gasteiger partial charge in [0.25, 0.3) is 0 Å². The highest BCUT2D eigenvalue weighted by Crippen LogP contribution is 2.60. The van der Waals surface area contributed by atoms with Gasteiger partial charge in [-0.2, -0.15) is 0 Å². The smallest absolute Gasteiger partial charge is 0.00702 e. The Morgan fingerprint density at radius 2 is 1.91 bits per heavy atom. The molecule has 2 N–H and O–H groups in total. The Kier molecular flexibility index (Phi) is 1.39. The second-order valence-electron chi connectivity index (χ2n) is 5.12. The molecule has 0 saturated heterocycles. The molecule has 0 spiro atoms. The van der Waals surface area contributed by atoms with Crippen molar-refractivity contribution in [2.24, 2.45) is 28.9 Å². The summed E-state index contributed by atoms with van der Waals surface area (Å²) in [5.41, 5.74) is 6.63. The van der Waals surface area contributed by atoms with E-state index < -0.39 is 0 Å². The van der Waals surface area contributed by atoms with Crippen LogP contribution in [-0.2, 0) is 0 Å². The summed E-state index contributed by atoms with van der Waals surface area (Å²) in [4.78, 5) is 0. The summed E-state index contributed by atoms with van der Waals surface area (Å²) in [5.74, 6) is 2.60. The Bertz CT molecular complexity index is 174. The summed E-state index contributed by atoms with van der Waals surface area (Å²) >= 11 is 0. The molecule has 0 radical (unpaired) electrons. The third-order valence-electron chi connectivity index (χ3n) is 4.41. The van der Waals surface area contributed by atoms with E-state index in [9.17, 15) is 0 Å². The standard InChI is InChI=1S/C10H19N/c1-6-8-4-7(5-9(6)11)10(8,2)3/h6-9H,4-5,11H2,1-3H3/t6-,7-,8-,9-/m1/s1. The molecule has 0 amide bonds. The van der Waals surface area contributed by atoms with Crippen LogP contribution in [-0.4, -0.2) is 6.04 Å². The van der Waals surface area contributed by atoms with Crippen molar-refractivity contribution in [3.8, 4) is 0 Å². The minimum Gasteiger partial charge on any atom is -0.327 e. The van der Waals surface area contributed by atoms with E-state index in [1.807, 2.05) is 0 Å². The zero-order chi connectivity index (χ0) is 8.22. The second kappa shape index (κ2) is 2.01. The average Bonchev–Trinajstić information content (AvgIpc) is 1.93. The Morgan fingerprint density at radius 3 is 2.27 bits per heavy atom. The van der Waals surface area contributed by atoms with Gasteiger partial charge >= 0.3 is 0 Å². The lowest BCUT2D eigenvalue weighted by atomic mass is 9.45. The van der Waals surface area contributed by atoms with Crippen LogP contribution in [0.15, 0.2) is 0 Å². The molecule has 2 bridgehead atoms. The molecule has 0 aromatic heterocycles. The highest BCUT2D eigenvalue weighted by molar-refractivity contribution is 5.06.